The minimum Gasteiger partial charge on any atom is -0.444 e. The molecule has 0 aromatic carbocycles. The van der Waals surface area contributed by atoms with Crippen LogP contribution in [0.2, 0.25) is 0 Å². The topological polar surface area (TPSA) is 88.6 Å². The standard InChI is InChI=1S/C11H21N3O3/c1-11(2,3)17-10(15)14-4-5-16-7-8(14)6-9(12)13/h8H,4-7H2,1-3H3,(H3,12,13). The molecule has 0 radical (unpaired) electrons. The Labute approximate surface area is 102 Å². The number of nitrogens with one attached hydrogen (secondary N) is 1. The fourth-order valence-electron chi connectivity index (χ4n) is 1.64. The minimum atomic E-state index is -0.518. The summed E-state index contributed by atoms with van der Waals surface area (Å²) in [5, 5.41) is 7.28. The Hall–Kier alpha value is -1.30. The molecule has 0 saturated carbocycles. The van der Waals surface area contributed by atoms with Crippen molar-refractivity contribution in [3.05, 3.63) is 0 Å². The van der Waals surface area contributed by atoms with Crippen molar-refractivity contribution in [2.45, 2.75) is 38.8 Å². The second kappa shape index (κ2) is 5.35. The van der Waals surface area contributed by atoms with E-state index in [0.717, 1.165) is 0 Å². The molecular weight excluding hydrogens is 222 g/mol. The van der Waals surface area contributed by atoms with Crippen LogP contribution < -0.4 is 5.73 Å². The largest absolute Gasteiger partial charge is 0.444 e. The number of nitrogens with two attached hydrogens (primary N) is 1. The van der Waals surface area contributed by atoms with E-state index in [-0.39, 0.29) is 18.0 Å². The van der Waals surface area contributed by atoms with Gasteiger partial charge in [0.1, 0.15) is 5.60 Å². The van der Waals surface area contributed by atoms with Gasteiger partial charge in [-0.3, -0.25) is 5.41 Å². The van der Waals surface area contributed by atoms with Crippen molar-refractivity contribution in [2.24, 2.45) is 5.73 Å². The Bertz CT molecular complexity index is 299. The first kappa shape index (κ1) is 13.8. The number of amidine groups is 1. The third-order valence-electron chi connectivity index (χ3n) is 2.31. The van der Waals surface area contributed by atoms with Gasteiger partial charge in [-0.25, -0.2) is 4.79 Å². The molecule has 1 atom stereocenters. The van der Waals surface area contributed by atoms with E-state index in [1.807, 2.05) is 20.8 Å². The number of hydrogen-bond acceptors (Lipinski definition) is 4. The van der Waals surface area contributed by atoms with Crippen LogP contribution in [0.15, 0.2) is 0 Å². The lowest BCUT2D eigenvalue weighted by Gasteiger charge is -2.36. The number of hydrogen-bond donors (Lipinski definition) is 2. The average Bonchev–Trinajstić information content (AvgIpc) is 2.14. The zero-order valence-electron chi connectivity index (χ0n) is 10.7. The van der Waals surface area contributed by atoms with Crippen LogP contribution in [-0.4, -0.2) is 48.2 Å². The first-order valence-electron chi connectivity index (χ1n) is 5.70. The summed E-state index contributed by atoms with van der Waals surface area (Å²) in [7, 11) is 0. The van der Waals surface area contributed by atoms with E-state index in [2.05, 4.69) is 0 Å². The summed E-state index contributed by atoms with van der Waals surface area (Å²) in [6.07, 6.45) is -0.0498. The van der Waals surface area contributed by atoms with Crippen LogP contribution in [0.5, 0.6) is 0 Å². The molecule has 1 fully saturated rings. The van der Waals surface area contributed by atoms with Crippen LogP contribution in [0, 0.1) is 5.41 Å². The number of nitrogens with zero attached hydrogens (tertiary/aromatic N) is 1. The van der Waals surface area contributed by atoms with E-state index in [9.17, 15) is 4.79 Å². The van der Waals surface area contributed by atoms with Crippen LogP contribution in [-0.2, 0) is 9.47 Å². The van der Waals surface area contributed by atoms with Gasteiger partial charge in [0.2, 0.25) is 0 Å². The van der Waals surface area contributed by atoms with Crippen LogP contribution in [0.25, 0.3) is 0 Å². The number of rotatable bonds is 2. The van der Waals surface area contributed by atoms with Gasteiger partial charge in [0, 0.05) is 13.0 Å². The van der Waals surface area contributed by atoms with Gasteiger partial charge in [0.05, 0.1) is 25.1 Å². The summed E-state index contributed by atoms with van der Waals surface area (Å²) in [6, 6.07) is -0.198. The first-order chi connectivity index (χ1) is 7.79. The fraction of sp³-hybridized carbons (Fsp3) is 0.818. The SMILES string of the molecule is CC(C)(C)OC(=O)N1CCOCC1CC(=N)N. The van der Waals surface area contributed by atoms with Crippen LogP contribution >= 0.6 is 0 Å². The van der Waals surface area contributed by atoms with E-state index < -0.39 is 5.60 Å². The van der Waals surface area contributed by atoms with Crippen molar-refractivity contribution in [3.63, 3.8) is 0 Å². The second-order valence-corrected chi connectivity index (χ2v) is 5.13. The third kappa shape index (κ3) is 4.60. The molecular formula is C11H21N3O3. The third-order valence-corrected chi connectivity index (χ3v) is 2.31. The van der Waals surface area contributed by atoms with Gasteiger partial charge in [0.15, 0.2) is 0 Å². The van der Waals surface area contributed by atoms with Gasteiger partial charge in [-0.1, -0.05) is 0 Å². The van der Waals surface area contributed by atoms with Gasteiger partial charge in [-0.2, -0.15) is 0 Å². The molecule has 0 aliphatic carbocycles. The highest BCUT2D eigenvalue weighted by atomic mass is 16.6. The predicted octanol–water partition coefficient (Wildman–Crippen LogP) is 0.948. The normalized spacial score (nSPS) is 21.1. The zero-order valence-corrected chi connectivity index (χ0v) is 10.7. The summed E-state index contributed by atoms with van der Waals surface area (Å²) in [4.78, 5) is 13.5. The van der Waals surface area contributed by atoms with E-state index in [1.54, 1.807) is 4.90 Å². The van der Waals surface area contributed by atoms with Crippen molar-refractivity contribution in [1.82, 2.24) is 4.90 Å². The molecule has 1 amide bonds. The Morgan fingerprint density at radius 1 is 1.59 bits per heavy atom. The van der Waals surface area contributed by atoms with E-state index >= 15 is 0 Å². The van der Waals surface area contributed by atoms with Crippen molar-refractivity contribution in [2.75, 3.05) is 19.8 Å². The molecule has 6 nitrogen and oxygen atoms in total. The maximum atomic E-state index is 11.9. The van der Waals surface area contributed by atoms with Crippen molar-refractivity contribution in [1.29, 1.82) is 5.41 Å². The fourth-order valence-corrected chi connectivity index (χ4v) is 1.64. The maximum Gasteiger partial charge on any atom is 0.410 e. The molecule has 1 aliphatic rings. The number of morpholine rings is 1. The first-order valence-corrected chi connectivity index (χ1v) is 5.70. The monoisotopic (exact) mass is 243 g/mol. The highest BCUT2D eigenvalue weighted by Crippen LogP contribution is 2.16. The number of carbonyl (C=O) groups excluding carboxylic acids is 1. The minimum absolute atomic E-state index is 0.0501. The lowest BCUT2D eigenvalue weighted by atomic mass is 10.1. The van der Waals surface area contributed by atoms with Crippen LogP contribution in [0.3, 0.4) is 0 Å². The molecule has 0 bridgehead atoms. The zero-order chi connectivity index (χ0) is 13.1. The number of carbonyl (C=O) groups is 1. The van der Waals surface area contributed by atoms with Gasteiger partial charge in [-0.15, -0.1) is 0 Å². The average molecular weight is 243 g/mol. The highest BCUT2D eigenvalue weighted by Gasteiger charge is 2.31. The van der Waals surface area contributed by atoms with Gasteiger partial charge >= 0.3 is 6.09 Å². The maximum absolute atomic E-state index is 11.9. The van der Waals surface area contributed by atoms with Crippen LogP contribution in [0.4, 0.5) is 4.79 Å². The van der Waals surface area contributed by atoms with Crippen molar-refractivity contribution in [3.8, 4) is 0 Å². The number of ether oxygens (including phenoxy) is 2. The molecule has 1 rings (SSSR count). The van der Waals surface area contributed by atoms with E-state index in [1.165, 1.54) is 0 Å². The molecule has 0 aromatic heterocycles. The molecule has 6 heteroatoms. The molecule has 17 heavy (non-hydrogen) atoms. The van der Waals surface area contributed by atoms with Gasteiger partial charge < -0.3 is 20.1 Å². The molecule has 1 heterocycles. The summed E-state index contributed by atoms with van der Waals surface area (Å²) < 4.78 is 10.6. The second-order valence-electron chi connectivity index (χ2n) is 5.13. The number of amides is 1. The molecule has 0 aromatic rings. The van der Waals surface area contributed by atoms with E-state index in [0.29, 0.717) is 26.2 Å². The molecule has 98 valence electrons. The molecule has 0 spiro atoms. The Morgan fingerprint density at radius 2 is 2.24 bits per heavy atom. The Morgan fingerprint density at radius 3 is 2.76 bits per heavy atom. The highest BCUT2D eigenvalue weighted by molar-refractivity contribution is 5.78. The summed E-state index contributed by atoms with van der Waals surface area (Å²) in [5.74, 6) is 0.0501. The van der Waals surface area contributed by atoms with E-state index in [4.69, 9.17) is 20.6 Å². The Balaban J connectivity index is 2.64. The van der Waals surface area contributed by atoms with Crippen molar-refractivity contribution < 1.29 is 14.3 Å². The summed E-state index contributed by atoms with van der Waals surface area (Å²) in [5.41, 5.74) is 4.84. The predicted molar refractivity (Wildman–Crippen MR) is 64.1 cm³/mol. The molecule has 3 N–H and O–H groups in total. The van der Waals surface area contributed by atoms with Crippen molar-refractivity contribution >= 4 is 11.9 Å². The summed E-state index contributed by atoms with van der Waals surface area (Å²) in [6.45, 7) is 6.85. The smallest absolute Gasteiger partial charge is 0.410 e. The molecule has 1 unspecified atom stereocenters. The molecule has 1 aliphatic heterocycles. The Kier molecular flexibility index (Phi) is 4.34. The van der Waals surface area contributed by atoms with Gasteiger partial charge in [0.25, 0.3) is 0 Å². The van der Waals surface area contributed by atoms with Gasteiger partial charge in [-0.05, 0) is 20.8 Å². The molecule has 1 saturated heterocycles. The summed E-state index contributed by atoms with van der Waals surface area (Å²) >= 11 is 0. The lowest BCUT2D eigenvalue weighted by molar-refractivity contribution is -0.0305. The quantitative estimate of drug-likeness (QED) is 0.558. The van der Waals surface area contributed by atoms with Crippen LogP contribution in [0.1, 0.15) is 27.2 Å². The lowest BCUT2D eigenvalue weighted by Crippen LogP contribution is -2.51.